The lowest BCUT2D eigenvalue weighted by Crippen LogP contribution is -2.33. The van der Waals surface area contributed by atoms with Crippen LogP contribution in [0, 0.1) is 11.3 Å². The molecule has 0 unspecified atom stereocenters. The first-order chi connectivity index (χ1) is 11.7. The molecule has 2 aromatic rings. The van der Waals surface area contributed by atoms with Crippen LogP contribution in [0.25, 0.3) is 11.7 Å². The number of nitriles is 1. The Hall–Kier alpha value is -2.59. The number of amides is 1. The van der Waals surface area contributed by atoms with Crippen molar-refractivity contribution in [2.45, 2.75) is 19.3 Å². The molecule has 6 nitrogen and oxygen atoms in total. The van der Waals surface area contributed by atoms with Gasteiger partial charge in [-0.2, -0.15) is 10.3 Å². The summed E-state index contributed by atoms with van der Waals surface area (Å²) in [4.78, 5) is 23.5. The molecule has 1 saturated heterocycles. The Bertz CT molecular complexity index is 915. The minimum Gasteiger partial charge on any atom is -0.351 e. The van der Waals surface area contributed by atoms with Crippen molar-refractivity contribution in [3.05, 3.63) is 40.7 Å². The van der Waals surface area contributed by atoms with Gasteiger partial charge in [-0.25, -0.2) is 4.98 Å². The van der Waals surface area contributed by atoms with Crippen LogP contribution < -0.4 is 0 Å². The van der Waals surface area contributed by atoms with E-state index >= 15 is 0 Å². The Morgan fingerprint density at radius 2 is 2.08 bits per heavy atom. The van der Waals surface area contributed by atoms with E-state index in [0.717, 1.165) is 42.4 Å². The molecule has 2 aliphatic heterocycles. The van der Waals surface area contributed by atoms with Crippen molar-refractivity contribution >= 4 is 34.6 Å². The summed E-state index contributed by atoms with van der Waals surface area (Å²) in [6.07, 6.45) is 8.78. The van der Waals surface area contributed by atoms with Gasteiger partial charge in [-0.05, 0) is 49.2 Å². The predicted molar refractivity (Wildman–Crippen MR) is 93.3 cm³/mol. The van der Waals surface area contributed by atoms with Crippen LogP contribution in [0.3, 0.4) is 0 Å². The van der Waals surface area contributed by atoms with E-state index in [1.54, 1.807) is 30.6 Å². The number of rotatable bonds is 1. The van der Waals surface area contributed by atoms with Crippen molar-refractivity contribution in [3.8, 4) is 6.07 Å². The van der Waals surface area contributed by atoms with Crippen LogP contribution in [0.4, 0.5) is 0 Å². The molecule has 24 heavy (non-hydrogen) atoms. The molecule has 4 rings (SSSR count). The van der Waals surface area contributed by atoms with E-state index in [-0.39, 0.29) is 5.91 Å². The van der Waals surface area contributed by atoms with Crippen LogP contribution in [-0.2, 0) is 4.79 Å². The van der Waals surface area contributed by atoms with Crippen LogP contribution in [0.1, 0.15) is 30.5 Å². The number of carbonyl (C=O) groups is 1. The first-order valence-corrected chi connectivity index (χ1v) is 8.71. The summed E-state index contributed by atoms with van der Waals surface area (Å²) in [6.45, 7) is 1.93. The van der Waals surface area contributed by atoms with Gasteiger partial charge in [0.2, 0.25) is 0 Å². The largest absolute Gasteiger partial charge is 0.351 e. The second kappa shape index (κ2) is 6.13. The molecule has 1 amide bonds. The molecule has 0 aliphatic carbocycles. The smallest absolute Gasteiger partial charge is 0.286 e. The molecule has 0 spiro atoms. The number of likely N-dealkylation sites (tertiary alicyclic amines) is 1. The van der Waals surface area contributed by atoms with Gasteiger partial charge in [0.25, 0.3) is 5.91 Å². The number of carbonyl (C=O) groups excluding carboxylic acids is 1. The summed E-state index contributed by atoms with van der Waals surface area (Å²) in [5.41, 5.74) is 2.07. The summed E-state index contributed by atoms with van der Waals surface area (Å²) in [5.74, 6) is -0.202. The van der Waals surface area contributed by atoms with E-state index in [0.29, 0.717) is 10.5 Å². The quantitative estimate of drug-likeness (QED) is 0.748. The van der Waals surface area contributed by atoms with E-state index < -0.39 is 0 Å². The van der Waals surface area contributed by atoms with Gasteiger partial charge >= 0.3 is 0 Å². The van der Waals surface area contributed by atoms with Crippen LogP contribution in [-0.4, -0.2) is 38.4 Å². The third kappa shape index (κ3) is 2.69. The van der Waals surface area contributed by atoms with Crippen LogP contribution >= 0.6 is 11.8 Å². The third-order valence-corrected chi connectivity index (χ3v) is 5.22. The van der Waals surface area contributed by atoms with E-state index in [1.807, 2.05) is 4.40 Å². The second-order valence-electron chi connectivity index (χ2n) is 5.80. The lowest BCUT2D eigenvalue weighted by molar-refractivity contribution is -0.113. The molecule has 0 radical (unpaired) electrons. The molecule has 2 aromatic heterocycles. The average molecular weight is 337 g/mol. The summed E-state index contributed by atoms with van der Waals surface area (Å²) in [7, 11) is 0. The highest BCUT2D eigenvalue weighted by Crippen LogP contribution is 2.31. The highest BCUT2D eigenvalue weighted by molar-refractivity contribution is 8.18. The number of nitrogens with zero attached hydrogens (tertiary/aromatic N) is 5. The van der Waals surface area contributed by atoms with Crippen molar-refractivity contribution in [1.29, 1.82) is 5.26 Å². The number of amidine groups is 1. The zero-order valence-corrected chi connectivity index (χ0v) is 13.8. The van der Waals surface area contributed by atoms with E-state index in [1.165, 1.54) is 18.2 Å². The van der Waals surface area contributed by atoms with E-state index in [9.17, 15) is 4.79 Å². The number of piperidine rings is 1. The highest BCUT2D eigenvalue weighted by atomic mass is 32.2. The van der Waals surface area contributed by atoms with E-state index in [4.69, 9.17) is 5.26 Å². The number of hydrogen-bond acceptors (Lipinski definition) is 5. The van der Waals surface area contributed by atoms with Gasteiger partial charge in [0.05, 0.1) is 22.4 Å². The molecule has 0 atom stereocenters. The summed E-state index contributed by atoms with van der Waals surface area (Å²) < 4.78 is 1.82. The molecule has 2 aliphatic rings. The van der Waals surface area contributed by atoms with Gasteiger partial charge in [-0.3, -0.25) is 9.20 Å². The van der Waals surface area contributed by atoms with Crippen LogP contribution in [0.15, 0.2) is 34.4 Å². The van der Waals surface area contributed by atoms with Crippen molar-refractivity contribution in [2.75, 3.05) is 13.1 Å². The summed E-state index contributed by atoms with van der Waals surface area (Å²) >= 11 is 1.42. The second-order valence-corrected chi connectivity index (χ2v) is 6.81. The zero-order chi connectivity index (χ0) is 16.5. The number of thioether (sulfide) groups is 1. The minimum absolute atomic E-state index is 0.202. The Morgan fingerprint density at radius 3 is 2.88 bits per heavy atom. The van der Waals surface area contributed by atoms with Gasteiger partial charge in [0, 0.05) is 19.3 Å². The lowest BCUT2D eigenvalue weighted by atomic mass is 10.1. The minimum atomic E-state index is -0.202. The normalized spacial score (nSPS) is 19.8. The Morgan fingerprint density at radius 1 is 1.25 bits per heavy atom. The van der Waals surface area contributed by atoms with Crippen molar-refractivity contribution in [2.24, 2.45) is 4.99 Å². The number of hydrogen-bond donors (Lipinski definition) is 0. The number of fused-ring (bicyclic) bond motifs is 1. The maximum atomic E-state index is 12.2. The summed E-state index contributed by atoms with van der Waals surface area (Å²) in [5, 5.41) is 9.85. The number of pyridine rings is 1. The first-order valence-electron chi connectivity index (χ1n) is 7.89. The van der Waals surface area contributed by atoms with Crippen molar-refractivity contribution < 1.29 is 4.79 Å². The topological polar surface area (TPSA) is 73.8 Å². The fraction of sp³-hybridized carbons (Fsp3) is 0.294. The predicted octanol–water partition coefficient (Wildman–Crippen LogP) is 2.66. The monoisotopic (exact) mass is 337 g/mol. The highest BCUT2D eigenvalue weighted by Gasteiger charge is 2.27. The Balaban J connectivity index is 1.63. The molecule has 0 saturated carbocycles. The first kappa shape index (κ1) is 15.0. The van der Waals surface area contributed by atoms with Crippen LogP contribution in [0.5, 0.6) is 0 Å². The number of aromatic nitrogens is 2. The zero-order valence-electron chi connectivity index (χ0n) is 13.0. The molecule has 7 heteroatoms. The van der Waals surface area contributed by atoms with Crippen molar-refractivity contribution in [1.82, 2.24) is 14.3 Å². The maximum Gasteiger partial charge on any atom is 0.286 e. The van der Waals surface area contributed by atoms with E-state index in [2.05, 4.69) is 20.9 Å². The molecular weight excluding hydrogens is 322 g/mol. The van der Waals surface area contributed by atoms with Gasteiger partial charge in [0.1, 0.15) is 11.7 Å². The number of imidazole rings is 1. The SMILES string of the molecule is N#Cc1ccc2ncc(/C=C3/SC(N4CCCCC4)=NC3=O)n2c1. The van der Waals surface area contributed by atoms with Crippen LogP contribution in [0.2, 0.25) is 0 Å². The molecule has 0 N–H and O–H groups in total. The van der Waals surface area contributed by atoms with Gasteiger partial charge < -0.3 is 4.90 Å². The number of aliphatic imine (C=N–C) groups is 1. The molecule has 1 fully saturated rings. The summed E-state index contributed by atoms with van der Waals surface area (Å²) in [6, 6.07) is 5.64. The van der Waals surface area contributed by atoms with Gasteiger partial charge in [0.15, 0.2) is 5.17 Å². The standard InChI is InChI=1S/C17H15N5OS/c18-9-12-4-5-15-19-10-13(22(15)11-12)8-14-16(23)20-17(24-14)21-6-2-1-3-7-21/h4-5,8,10-11H,1-3,6-7H2/b14-8+. The van der Waals surface area contributed by atoms with Gasteiger partial charge in [-0.15, -0.1) is 0 Å². The fourth-order valence-electron chi connectivity index (χ4n) is 2.93. The molecule has 120 valence electrons. The fourth-order valence-corrected chi connectivity index (χ4v) is 3.87. The Labute approximate surface area is 143 Å². The van der Waals surface area contributed by atoms with Gasteiger partial charge in [-0.1, -0.05) is 0 Å². The third-order valence-electron chi connectivity index (χ3n) is 4.18. The molecule has 0 bridgehead atoms. The van der Waals surface area contributed by atoms with Crippen molar-refractivity contribution in [3.63, 3.8) is 0 Å². The Kier molecular flexibility index (Phi) is 3.82. The molecule has 4 heterocycles. The molecule has 0 aromatic carbocycles. The maximum absolute atomic E-state index is 12.2. The lowest BCUT2D eigenvalue weighted by Gasteiger charge is -2.27. The molecular formula is C17H15N5OS. The average Bonchev–Trinajstić information content (AvgIpc) is 3.19.